The number of anilines is 1. The predicted molar refractivity (Wildman–Crippen MR) is 66.1 cm³/mol. The van der Waals surface area contributed by atoms with Crippen molar-refractivity contribution in [3.05, 3.63) is 18.5 Å². The summed E-state index contributed by atoms with van der Waals surface area (Å²) in [7, 11) is 0. The highest BCUT2D eigenvalue weighted by atomic mass is 32.1. The van der Waals surface area contributed by atoms with Crippen LogP contribution in [0.2, 0.25) is 0 Å². The largest absolute Gasteiger partial charge is 0.372 e. The molecule has 2 heterocycles. The summed E-state index contributed by atoms with van der Waals surface area (Å²) in [6.45, 7) is 8.30. The van der Waals surface area contributed by atoms with Crippen molar-refractivity contribution < 1.29 is 4.74 Å². The zero-order valence-electron chi connectivity index (χ0n) is 9.56. The first-order chi connectivity index (χ1) is 7.83. The van der Waals surface area contributed by atoms with Gasteiger partial charge in [-0.05, 0) is 6.42 Å². The van der Waals surface area contributed by atoms with Gasteiger partial charge in [0.25, 0.3) is 0 Å². The molecule has 0 aliphatic carbocycles. The molecule has 1 saturated heterocycles. The van der Waals surface area contributed by atoms with Crippen LogP contribution < -0.4 is 4.90 Å². The topological polar surface area (TPSA) is 38.2 Å². The average molecular weight is 239 g/mol. The van der Waals surface area contributed by atoms with Gasteiger partial charge in [-0.3, -0.25) is 0 Å². The number of aryl methyl sites for hydroxylation is 1. The van der Waals surface area contributed by atoms with Crippen molar-refractivity contribution in [2.75, 3.05) is 24.6 Å². The van der Waals surface area contributed by atoms with Gasteiger partial charge in [-0.1, -0.05) is 13.0 Å². The standard InChI is InChI=1S/C11H17N3OS/c1-3-7-15-9-5-6-14(8-9)11-12-10(4-2)13-16-11/h3,9H,1,4-8H2,2H3. The number of hydrogen-bond acceptors (Lipinski definition) is 5. The Morgan fingerprint density at radius 1 is 1.69 bits per heavy atom. The Labute approximate surface area is 100 Å². The molecule has 1 aliphatic rings. The molecular formula is C11H17N3OS. The van der Waals surface area contributed by atoms with E-state index in [4.69, 9.17) is 4.74 Å². The molecule has 1 aromatic heterocycles. The van der Waals surface area contributed by atoms with Gasteiger partial charge < -0.3 is 9.64 Å². The lowest BCUT2D eigenvalue weighted by atomic mass is 10.3. The second-order valence-electron chi connectivity index (χ2n) is 3.83. The van der Waals surface area contributed by atoms with Crippen LogP contribution in [0.5, 0.6) is 0 Å². The van der Waals surface area contributed by atoms with Crippen LogP contribution in [0.1, 0.15) is 19.2 Å². The number of aromatic nitrogens is 2. The van der Waals surface area contributed by atoms with Crippen molar-refractivity contribution in [1.29, 1.82) is 0 Å². The highest BCUT2D eigenvalue weighted by molar-refractivity contribution is 7.09. The smallest absolute Gasteiger partial charge is 0.205 e. The Balaban J connectivity index is 1.90. The predicted octanol–water partition coefficient (Wildman–Crippen LogP) is 1.88. The zero-order chi connectivity index (χ0) is 11.4. The molecular weight excluding hydrogens is 222 g/mol. The van der Waals surface area contributed by atoms with Crippen LogP contribution in [0.4, 0.5) is 5.13 Å². The van der Waals surface area contributed by atoms with E-state index < -0.39 is 0 Å². The van der Waals surface area contributed by atoms with Crippen LogP contribution >= 0.6 is 11.5 Å². The maximum Gasteiger partial charge on any atom is 0.205 e. The molecule has 0 radical (unpaired) electrons. The van der Waals surface area contributed by atoms with Crippen molar-refractivity contribution in [3.8, 4) is 0 Å². The van der Waals surface area contributed by atoms with Crippen LogP contribution in [-0.2, 0) is 11.2 Å². The first-order valence-electron chi connectivity index (χ1n) is 5.63. The minimum Gasteiger partial charge on any atom is -0.372 e. The molecule has 16 heavy (non-hydrogen) atoms. The molecule has 0 saturated carbocycles. The monoisotopic (exact) mass is 239 g/mol. The summed E-state index contributed by atoms with van der Waals surface area (Å²) in [5, 5.41) is 1.03. The van der Waals surface area contributed by atoms with E-state index in [1.54, 1.807) is 6.08 Å². The van der Waals surface area contributed by atoms with Crippen molar-refractivity contribution in [1.82, 2.24) is 9.36 Å². The SMILES string of the molecule is C=CCOC1CCN(c2nc(CC)ns2)C1. The van der Waals surface area contributed by atoms with Gasteiger partial charge in [-0.15, -0.1) is 6.58 Å². The van der Waals surface area contributed by atoms with E-state index in [9.17, 15) is 0 Å². The Morgan fingerprint density at radius 3 is 3.25 bits per heavy atom. The van der Waals surface area contributed by atoms with Gasteiger partial charge in [0.05, 0.1) is 12.7 Å². The summed E-state index contributed by atoms with van der Waals surface area (Å²) in [6.07, 6.45) is 4.07. The van der Waals surface area contributed by atoms with Gasteiger partial charge in [0.15, 0.2) is 0 Å². The lowest BCUT2D eigenvalue weighted by Crippen LogP contribution is -2.22. The fourth-order valence-electron chi connectivity index (χ4n) is 1.76. The summed E-state index contributed by atoms with van der Waals surface area (Å²) in [5.41, 5.74) is 0. The molecule has 1 fully saturated rings. The third-order valence-corrected chi connectivity index (χ3v) is 3.45. The van der Waals surface area contributed by atoms with Gasteiger partial charge in [0.2, 0.25) is 5.13 Å². The molecule has 0 spiro atoms. The van der Waals surface area contributed by atoms with Gasteiger partial charge in [0.1, 0.15) is 5.82 Å². The second kappa shape index (κ2) is 5.41. The maximum atomic E-state index is 5.63. The van der Waals surface area contributed by atoms with Gasteiger partial charge >= 0.3 is 0 Å². The molecule has 1 aromatic rings. The van der Waals surface area contributed by atoms with E-state index in [1.807, 2.05) is 0 Å². The molecule has 1 unspecified atom stereocenters. The molecule has 0 aromatic carbocycles. The molecule has 88 valence electrons. The number of nitrogens with zero attached hydrogens (tertiary/aromatic N) is 3. The van der Waals surface area contributed by atoms with Crippen LogP contribution in [0.15, 0.2) is 12.7 Å². The van der Waals surface area contributed by atoms with Gasteiger partial charge in [-0.2, -0.15) is 4.37 Å². The minimum absolute atomic E-state index is 0.312. The quantitative estimate of drug-likeness (QED) is 0.735. The maximum absolute atomic E-state index is 5.63. The lowest BCUT2D eigenvalue weighted by molar-refractivity contribution is 0.0909. The fourth-order valence-corrected chi connectivity index (χ4v) is 2.54. The third kappa shape index (κ3) is 2.59. The van der Waals surface area contributed by atoms with E-state index >= 15 is 0 Å². The molecule has 0 bridgehead atoms. The summed E-state index contributed by atoms with van der Waals surface area (Å²) < 4.78 is 9.93. The summed E-state index contributed by atoms with van der Waals surface area (Å²) in [6, 6.07) is 0. The van der Waals surface area contributed by atoms with E-state index in [0.717, 1.165) is 36.9 Å². The van der Waals surface area contributed by atoms with Crippen molar-refractivity contribution in [2.24, 2.45) is 0 Å². The minimum atomic E-state index is 0.312. The highest BCUT2D eigenvalue weighted by Crippen LogP contribution is 2.23. The van der Waals surface area contributed by atoms with E-state index in [-0.39, 0.29) is 0 Å². The third-order valence-electron chi connectivity index (χ3n) is 2.64. The van der Waals surface area contributed by atoms with Gasteiger partial charge in [-0.25, -0.2) is 4.98 Å². The summed E-state index contributed by atoms with van der Waals surface area (Å²) >= 11 is 1.49. The summed E-state index contributed by atoms with van der Waals surface area (Å²) in [5.74, 6) is 0.940. The van der Waals surface area contributed by atoms with Crippen LogP contribution in [-0.4, -0.2) is 35.2 Å². The first kappa shape index (κ1) is 11.5. The van der Waals surface area contributed by atoms with Crippen molar-refractivity contribution in [2.45, 2.75) is 25.9 Å². The molecule has 0 N–H and O–H groups in total. The van der Waals surface area contributed by atoms with E-state index in [0.29, 0.717) is 12.7 Å². The first-order valence-corrected chi connectivity index (χ1v) is 6.41. The normalized spacial score (nSPS) is 20.3. The number of hydrogen-bond donors (Lipinski definition) is 0. The Morgan fingerprint density at radius 2 is 2.56 bits per heavy atom. The van der Waals surface area contributed by atoms with E-state index in [1.165, 1.54) is 11.5 Å². The van der Waals surface area contributed by atoms with Crippen molar-refractivity contribution >= 4 is 16.7 Å². The molecule has 4 nitrogen and oxygen atoms in total. The second-order valence-corrected chi connectivity index (χ2v) is 4.56. The number of rotatable bonds is 5. The van der Waals surface area contributed by atoms with Crippen LogP contribution in [0, 0.1) is 0 Å². The Bertz CT molecular complexity index is 353. The molecule has 5 heteroatoms. The van der Waals surface area contributed by atoms with Gasteiger partial charge in [0, 0.05) is 31.0 Å². The Hall–Kier alpha value is -0.940. The van der Waals surface area contributed by atoms with Crippen LogP contribution in [0.25, 0.3) is 0 Å². The zero-order valence-corrected chi connectivity index (χ0v) is 10.4. The lowest BCUT2D eigenvalue weighted by Gasteiger charge is -2.13. The molecule has 1 atom stereocenters. The molecule has 2 rings (SSSR count). The average Bonchev–Trinajstić information content (AvgIpc) is 2.94. The Kier molecular flexibility index (Phi) is 3.90. The fraction of sp³-hybridized carbons (Fsp3) is 0.636. The molecule has 1 aliphatic heterocycles. The molecule has 0 amide bonds. The van der Waals surface area contributed by atoms with Crippen molar-refractivity contribution in [3.63, 3.8) is 0 Å². The van der Waals surface area contributed by atoms with E-state index in [2.05, 4.69) is 27.8 Å². The summed E-state index contributed by atoms with van der Waals surface area (Å²) in [4.78, 5) is 6.74. The highest BCUT2D eigenvalue weighted by Gasteiger charge is 2.25. The number of ether oxygens (including phenoxy) is 1. The van der Waals surface area contributed by atoms with Crippen LogP contribution in [0.3, 0.4) is 0 Å².